The van der Waals surface area contributed by atoms with Crippen molar-refractivity contribution in [3.8, 4) is 0 Å². The van der Waals surface area contributed by atoms with E-state index < -0.39 is 43.8 Å². The lowest BCUT2D eigenvalue weighted by Gasteiger charge is -2.18. The molecule has 0 aromatic heterocycles. The Morgan fingerprint density at radius 2 is 0.731 bits per heavy atom. The summed E-state index contributed by atoms with van der Waals surface area (Å²) in [6.45, 7) is 15.4. The topological polar surface area (TPSA) is 102 Å². The van der Waals surface area contributed by atoms with Crippen LogP contribution in [-0.2, 0) is 29.5 Å². The highest BCUT2D eigenvalue weighted by atomic mass is 32.2. The van der Waals surface area contributed by atoms with Gasteiger partial charge in [0, 0.05) is 12.5 Å². The summed E-state index contributed by atoms with van der Waals surface area (Å²) in [6, 6.07) is 0. The van der Waals surface area contributed by atoms with Gasteiger partial charge >= 0.3 is 0 Å². The van der Waals surface area contributed by atoms with E-state index in [4.69, 9.17) is 0 Å². The van der Waals surface area contributed by atoms with E-state index in [0.717, 1.165) is 12.8 Å². The third-order valence-corrected chi connectivity index (χ3v) is 11.5. The lowest BCUT2D eigenvalue weighted by Crippen LogP contribution is -2.31. The minimum absolute atomic E-state index is 0.0208. The van der Waals surface area contributed by atoms with Crippen molar-refractivity contribution in [2.45, 2.75) is 94.6 Å². The van der Waals surface area contributed by atoms with Crippen LogP contribution >= 0.6 is 0 Å². The van der Waals surface area contributed by atoms with E-state index in [1.54, 1.807) is 62.3 Å². The second kappa shape index (κ2) is 8.47. The van der Waals surface area contributed by atoms with Gasteiger partial charge in [-0.3, -0.25) is 0 Å². The molecule has 0 heterocycles. The van der Waals surface area contributed by atoms with E-state index in [-0.39, 0.29) is 5.25 Å². The first-order chi connectivity index (χ1) is 10.9. The Morgan fingerprint density at radius 3 is 0.769 bits per heavy atom. The molecule has 160 valence electrons. The Labute approximate surface area is 161 Å². The first-order valence-electron chi connectivity index (χ1n) is 8.48. The molecule has 0 bridgehead atoms. The molecule has 0 radical (unpaired) electrons. The predicted octanol–water partition coefficient (Wildman–Crippen LogP) is 3.02. The summed E-state index contributed by atoms with van der Waals surface area (Å²) in [5, 5.41) is -0.0208. The maximum atomic E-state index is 11.4. The van der Waals surface area contributed by atoms with Crippen molar-refractivity contribution in [1.82, 2.24) is 0 Å². The fraction of sp³-hybridized carbons (Fsp3) is 1.00. The van der Waals surface area contributed by atoms with Crippen molar-refractivity contribution >= 4 is 29.5 Å². The van der Waals surface area contributed by atoms with Crippen molar-refractivity contribution in [2.24, 2.45) is 0 Å². The van der Waals surface area contributed by atoms with Crippen LogP contribution in [0.25, 0.3) is 0 Å². The molecule has 1 fully saturated rings. The van der Waals surface area contributed by atoms with Gasteiger partial charge in [-0.25, -0.2) is 25.3 Å². The standard InChI is InChI=1S/C7H14O2S.2C5H12O2S/c1-7(2,3)10(8,9)6-4-5-6;2*1-5(2,3)8(4,6)7/h6H,4-5H2,1-3H3;2*1-4H3. The van der Waals surface area contributed by atoms with Gasteiger partial charge in [0.15, 0.2) is 29.5 Å². The number of sulfone groups is 3. The third kappa shape index (κ3) is 9.69. The Hall–Kier alpha value is -0.150. The Kier molecular flexibility index (Phi) is 9.14. The predicted molar refractivity (Wildman–Crippen MR) is 111 cm³/mol. The average Bonchev–Trinajstić information content (AvgIpc) is 3.06. The highest BCUT2D eigenvalue weighted by Crippen LogP contribution is 2.35. The van der Waals surface area contributed by atoms with Crippen molar-refractivity contribution in [2.75, 3.05) is 12.5 Å². The van der Waals surface area contributed by atoms with Crippen LogP contribution in [0.1, 0.15) is 75.2 Å². The molecule has 6 nitrogen and oxygen atoms in total. The summed E-state index contributed by atoms with van der Waals surface area (Å²) in [6.07, 6.45) is 4.24. The zero-order valence-corrected chi connectivity index (χ0v) is 20.6. The van der Waals surface area contributed by atoms with Crippen molar-refractivity contribution in [3.63, 3.8) is 0 Å². The molecule has 0 amide bonds. The average molecular weight is 435 g/mol. The smallest absolute Gasteiger partial charge is 0.158 e. The van der Waals surface area contributed by atoms with Crippen LogP contribution in [0.4, 0.5) is 0 Å². The van der Waals surface area contributed by atoms with Crippen LogP contribution in [0.2, 0.25) is 0 Å². The van der Waals surface area contributed by atoms with Gasteiger partial charge in [-0.1, -0.05) is 0 Å². The summed E-state index contributed by atoms with van der Waals surface area (Å²) in [7, 11) is -8.48. The maximum absolute atomic E-state index is 11.4. The molecule has 0 aromatic carbocycles. The zero-order valence-electron chi connectivity index (χ0n) is 18.2. The minimum atomic E-state index is -2.84. The number of hydrogen-bond acceptors (Lipinski definition) is 6. The summed E-state index contributed by atoms with van der Waals surface area (Å²) in [5.74, 6) is 0. The SMILES string of the molecule is CC(C)(C)S(=O)(=O)C1CC1.CC(C)(C)S(C)(=O)=O.CC(C)(C)S(C)(=O)=O. The molecule has 0 aromatic rings. The summed E-state index contributed by atoms with van der Waals surface area (Å²) >= 11 is 0. The molecule has 0 spiro atoms. The number of rotatable bonds is 1. The van der Waals surface area contributed by atoms with Crippen LogP contribution in [0.5, 0.6) is 0 Å². The van der Waals surface area contributed by atoms with E-state index >= 15 is 0 Å². The van der Waals surface area contributed by atoms with Gasteiger partial charge in [0.05, 0.1) is 19.5 Å². The molecular weight excluding hydrogens is 396 g/mol. The van der Waals surface area contributed by atoms with Crippen LogP contribution < -0.4 is 0 Å². The van der Waals surface area contributed by atoms with Gasteiger partial charge in [-0.05, 0) is 75.2 Å². The van der Waals surface area contributed by atoms with E-state index in [1.165, 1.54) is 12.5 Å². The molecule has 0 unspecified atom stereocenters. The fourth-order valence-electron chi connectivity index (χ4n) is 0.878. The van der Waals surface area contributed by atoms with Gasteiger partial charge < -0.3 is 0 Å². The number of hydrogen-bond donors (Lipinski definition) is 0. The quantitative estimate of drug-likeness (QED) is 0.628. The van der Waals surface area contributed by atoms with Crippen molar-refractivity contribution < 1.29 is 25.3 Å². The van der Waals surface area contributed by atoms with Gasteiger partial charge in [0.25, 0.3) is 0 Å². The van der Waals surface area contributed by atoms with Gasteiger partial charge in [-0.2, -0.15) is 0 Å². The van der Waals surface area contributed by atoms with E-state index in [1.807, 2.05) is 0 Å². The summed E-state index contributed by atoms with van der Waals surface area (Å²) in [5.41, 5.74) is 0. The maximum Gasteiger partial charge on any atom is 0.158 e. The highest BCUT2D eigenvalue weighted by Gasteiger charge is 2.43. The van der Waals surface area contributed by atoms with Crippen molar-refractivity contribution in [3.05, 3.63) is 0 Å². The van der Waals surface area contributed by atoms with Crippen LogP contribution in [0.15, 0.2) is 0 Å². The fourth-order valence-corrected chi connectivity index (χ4v) is 2.64. The van der Waals surface area contributed by atoms with E-state index in [0.29, 0.717) is 0 Å². The Bertz CT molecular complexity index is 708. The summed E-state index contributed by atoms with van der Waals surface area (Å²) in [4.78, 5) is 0. The lowest BCUT2D eigenvalue weighted by atomic mass is 10.3. The third-order valence-electron chi connectivity index (χ3n) is 4.04. The molecule has 0 aliphatic heterocycles. The molecule has 1 saturated carbocycles. The van der Waals surface area contributed by atoms with Crippen LogP contribution in [0, 0.1) is 0 Å². The molecular formula is C17H38O6S3. The summed E-state index contributed by atoms with van der Waals surface area (Å²) < 4.78 is 63.7. The Balaban J connectivity index is 0. The van der Waals surface area contributed by atoms with Gasteiger partial charge in [0.1, 0.15) is 0 Å². The molecule has 1 aliphatic carbocycles. The van der Waals surface area contributed by atoms with Gasteiger partial charge in [0.2, 0.25) is 0 Å². The second-order valence-corrected chi connectivity index (χ2v) is 18.1. The zero-order chi connectivity index (χ0) is 22.0. The highest BCUT2D eigenvalue weighted by molar-refractivity contribution is 7.93. The second-order valence-electron chi connectivity index (χ2n) is 9.63. The van der Waals surface area contributed by atoms with E-state index in [2.05, 4.69) is 0 Å². The molecule has 1 aliphatic rings. The lowest BCUT2D eigenvalue weighted by molar-refractivity contribution is 0.558. The molecule has 1 rings (SSSR count). The molecule has 0 atom stereocenters. The first-order valence-corrected chi connectivity index (χ1v) is 13.8. The first kappa shape index (κ1) is 28.1. The molecule has 0 N–H and O–H groups in total. The molecule has 26 heavy (non-hydrogen) atoms. The molecule has 9 heteroatoms. The largest absolute Gasteiger partial charge is 0.229 e. The van der Waals surface area contributed by atoms with Crippen LogP contribution in [-0.4, -0.2) is 57.3 Å². The van der Waals surface area contributed by atoms with E-state index in [9.17, 15) is 25.3 Å². The molecule has 0 saturated heterocycles. The van der Waals surface area contributed by atoms with Crippen LogP contribution in [0.3, 0.4) is 0 Å². The minimum Gasteiger partial charge on any atom is -0.229 e. The van der Waals surface area contributed by atoms with Crippen molar-refractivity contribution in [1.29, 1.82) is 0 Å². The normalized spacial score (nSPS) is 16.7. The monoisotopic (exact) mass is 434 g/mol. The Morgan fingerprint density at radius 1 is 0.538 bits per heavy atom. The van der Waals surface area contributed by atoms with Gasteiger partial charge in [-0.15, -0.1) is 0 Å².